The van der Waals surface area contributed by atoms with Gasteiger partial charge in [0.1, 0.15) is 6.54 Å². The molecule has 1 saturated heterocycles. The van der Waals surface area contributed by atoms with Crippen LogP contribution < -0.4 is 10.6 Å². The summed E-state index contributed by atoms with van der Waals surface area (Å²) < 4.78 is 10.9. The number of amides is 1. The number of morpholine rings is 1. The van der Waals surface area contributed by atoms with Crippen LogP contribution in [0.15, 0.2) is 4.99 Å². The van der Waals surface area contributed by atoms with Gasteiger partial charge in [-0.05, 0) is 25.8 Å². The molecule has 166 valence electrons. The SMILES string of the molecule is CCCCOCCCNC(=NCC(=O)N(C)C)NCCCN1CCOCC1.I. The quantitative estimate of drug-likeness (QED) is 0.167. The van der Waals surface area contributed by atoms with Gasteiger partial charge < -0.3 is 25.0 Å². The van der Waals surface area contributed by atoms with Crippen molar-refractivity contribution in [1.29, 1.82) is 0 Å². The van der Waals surface area contributed by atoms with Crippen LogP contribution in [0.2, 0.25) is 0 Å². The van der Waals surface area contributed by atoms with Gasteiger partial charge in [-0.2, -0.15) is 0 Å². The number of carbonyl (C=O) groups is 1. The second kappa shape index (κ2) is 18.4. The molecular formula is C19H40IN5O3. The third-order valence-corrected chi connectivity index (χ3v) is 4.32. The Hall–Kier alpha value is -0.650. The molecule has 1 rings (SSSR count). The molecule has 9 heteroatoms. The van der Waals surface area contributed by atoms with Gasteiger partial charge in [-0.1, -0.05) is 13.3 Å². The molecule has 0 saturated carbocycles. The van der Waals surface area contributed by atoms with Crippen molar-refractivity contribution in [2.45, 2.75) is 32.6 Å². The van der Waals surface area contributed by atoms with Crippen LogP contribution in [-0.4, -0.2) is 101 Å². The molecule has 0 aromatic rings. The lowest BCUT2D eigenvalue weighted by Gasteiger charge is -2.26. The van der Waals surface area contributed by atoms with E-state index in [0.717, 1.165) is 84.8 Å². The summed E-state index contributed by atoms with van der Waals surface area (Å²) in [5.41, 5.74) is 0. The summed E-state index contributed by atoms with van der Waals surface area (Å²) >= 11 is 0. The van der Waals surface area contributed by atoms with Gasteiger partial charge in [0.25, 0.3) is 0 Å². The van der Waals surface area contributed by atoms with Gasteiger partial charge in [0, 0.05) is 53.5 Å². The molecule has 0 aliphatic carbocycles. The van der Waals surface area contributed by atoms with Crippen LogP contribution in [0.5, 0.6) is 0 Å². The Labute approximate surface area is 187 Å². The zero-order valence-electron chi connectivity index (χ0n) is 17.9. The lowest BCUT2D eigenvalue weighted by Crippen LogP contribution is -2.41. The van der Waals surface area contributed by atoms with E-state index < -0.39 is 0 Å². The van der Waals surface area contributed by atoms with Gasteiger partial charge >= 0.3 is 0 Å². The molecule has 2 N–H and O–H groups in total. The number of unbranched alkanes of at least 4 members (excludes halogenated alkanes) is 1. The van der Waals surface area contributed by atoms with Gasteiger partial charge in [-0.3, -0.25) is 9.69 Å². The lowest BCUT2D eigenvalue weighted by atomic mass is 10.3. The van der Waals surface area contributed by atoms with Crippen LogP contribution in [0.3, 0.4) is 0 Å². The summed E-state index contributed by atoms with van der Waals surface area (Å²) in [6.45, 7) is 10.2. The third kappa shape index (κ3) is 14.4. The molecule has 28 heavy (non-hydrogen) atoms. The molecule has 1 fully saturated rings. The maximum Gasteiger partial charge on any atom is 0.243 e. The van der Waals surface area contributed by atoms with Crippen LogP contribution in [0, 0.1) is 0 Å². The Morgan fingerprint density at radius 1 is 1.11 bits per heavy atom. The zero-order chi connectivity index (χ0) is 19.7. The summed E-state index contributed by atoms with van der Waals surface area (Å²) in [5.74, 6) is 0.688. The molecule has 0 unspecified atom stereocenters. The first kappa shape index (κ1) is 27.4. The van der Waals surface area contributed by atoms with E-state index in [9.17, 15) is 4.79 Å². The van der Waals surface area contributed by atoms with E-state index in [-0.39, 0.29) is 36.4 Å². The van der Waals surface area contributed by atoms with E-state index in [1.54, 1.807) is 19.0 Å². The van der Waals surface area contributed by atoms with Crippen molar-refractivity contribution >= 4 is 35.8 Å². The minimum atomic E-state index is -0.00712. The molecule has 1 amide bonds. The molecule has 0 bridgehead atoms. The number of guanidine groups is 1. The van der Waals surface area contributed by atoms with E-state index in [1.165, 1.54) is 0 Å². The van der Waals surface area contributed by atoms with Crippen LogP contribution in [0.1, 0.15) is 32.6 Å². The number of aliphatic imine (C=N–C) groups is 1. The topological polar surface area (TPSA) is 78.4 Å². The molecule has 1 heterocycles. The monoisotopic (exact) mass is 513 g/mol. The Bertz CT molecular complexity index is 418. The maximum atomic E-state index is 11.8. The fourth-order valence-corrected chi connectivity index (χ4v) is 2.53. The lowest BCUT2D eigenvalue weighted by molar-refractivity contribution is -0.127. The first-order chi connectivity index (χ1) is 13.1. The number of hydrogen-bond donors (Lipinski definition) is 2. The number of halogens is 1. The average Bonchev–Trinajstić information content (AvgIpc) is 2.68. The second-order valence-corrected chi connectivity index (χ2v) is 6.93. The molecule has 0 aromatic heterocycles. The molecule has 8 nitrogen and oxygen atoms in total. The summed E-state index contributed by atoms with van der Waals surface area (Å²) in [6.07, 6.45) is 4.21. The fraction of sp³-hybridized carbons (Fsp3) is 0.895. The fourth-order valence-electron chi connectivity index (χ4n) is 2.53. The predicted molar refractivity (Wildman–Crippen MR) is 125 cm³/mol. The van der Waals surface area contributed by atoms with Gasteiger partial charge in [0.15, 0.2) is 5.96 Å². The van der Waals surface area contributed by atoms with Crippen molar-refractivity contribution in [2.24, 2.45) is 4.99 Å². The molecule has 0 atom stereocenters. The number of hydrogen-bond acceptors (Lipinski definition) is 5. The van der Waals surface area contributed by atoms with Crippen molar-refractivity contribution < 1.29 is 14.3 Å². The molecular weight excluding hydrogens is 473 g/mol. The standard InChI is InChI=1S/C19H39N5O3.HI/c1-4-5-13-26-14-7-9-21-19(22-17-18(25)23(2)3)20-8-6-10-24-11-15-27-16-12-24;/h4-17H2,1-3H3,(H2,20,21,22);1H. The van der Waals surface area contributed by atoms with E-state index in [4.69, 9.17) is 9.47 Å². The molecule has 1 aliphatic heterocycles. The number of rotatable bonds is 13. The molecule has 0 aromatic carbocycles. The van der Waals surface area contributed by atoms with Crippen molar-refractivity contribution in [3.63, 3.8) is 0 Å². The van der Waals surface area contributed by atoms with Crippen LogP contribution in [0.25, 0.3) is 0 Å². The predicted octanol–water partition coefficient (Wildman–Crippen LogP) is 1.16. The minimum absolute atomic E-state index is 0. The van der Waals surface area contributed by atoms with Crippen molar-refractivity contribution in [3.8, 4) is 0 Å². The number of ether oxygens (including phenoxy) is 2. The van der Waals surface area contributed by atoms with Gasteiger partial charge in [-0.15, -0.1) is 24.0 Å². The number of nitrogens with one attached hydrogen (secondary N) is 2. The Morgan fingerprint density at radius 3 is 2.39 bits per heavy atom. The Kier molecular flexibility index (Phi) is 18.0. The highest BCUT2D eigenvalue weighted by molar-refractivity contribution is 14.0. The van der Waals surface area contributed by atoms with Gasteiger partial charge in [0.2, 0.25) is 5.91 Å². The summed E-state index contributed by atoms with van der Waals surface area (Å²) in [6, 6.07) is 0. The zero-order valence-corrected chi connectivity index (χ0v) is 20.2. The van der Waals surface area contributed by atoms with Crippen molar-refractivity contribution in [2.75, 3.05) is 79.8 Å². The highest BCUT2D eigenvalue weighted by Gasteiger charge is 2.09. The highest BCUT2D eigenvalue weighted by Crippen LogP contribution is 1.97. The molecule has 0 radical (unpaired) electrons. The number of likely N-dealkylation sites (N-methyl/N-ethyl adjacent to an activating group) is 1. The summed E-state index contributed by atoms with van der Waals surface area (Å²) in [5, 5.41) is 6.63. The van der Waals surface area contributed by atoms with Crippen LogP contribution in [0.4, 0.5) is 0 Å². The molecule has 0 spiro atoms. The normalized spacial score (nSPS) is 15.0. The number of nitrogens with zero attached hydrogens (tertiary/aromatic N) is 3. The number of carbonyl (C=O) groups excluding carboxylic acids is 1. The maximum absolute atomic E-state index is 11.8. The third-order valence-electron chi connectivity index (χ3n) is 4.32. The summed E-state index contributed by atoms with van der Waals surface area (Å²) in [7, 11) is 3.49. The van der Waals surface area contributed by atoms with Gasteiger partial charge in [0.05, 0.1) is 13.2 Å². The van der Waals surface area contributed by atoms with Crippen LogP contribution >= 0.6 is 24.0 Å². The van der Waals surface area contributed by atoms with E-state index >= 15 is 0 Å². The van der Waals surface area contributed by atoms with E-state index in [2.05, 4.69) is 27.4 Å². The first-order valence-electron chi connectivity index (χ1n) is 10.2. The highest BCUT2D eigenvalue weighted by atomic mass is 127. The van der Waals surface area contributed by atoms with Crippen LogP contribution in [-0.2, 0) is 14.3 Å². The summed E-state index contributed by atoms with van der Waals surface area (Å²) in [4.78, 5) is 20.2. The van der Waals surface area contributed by atoms with Gasteiger partial charge in [-0.25, -0.2) is 4.99 Å². The average molecular weight is 513 g/mol. The Morgan fingerprint density at radius 2 is 1.75 bits per heavy atom. The smallest absolute Gasteiger partial charge is 0.243 e. The van der Waals surface area contributed by atoms with E-state index in [0.29, 0.717) is 5.96 Å². The van der Waals surface area contributed by atoms with Crippen molar-refractivity contribution in [1.82, 2.24) is 20.4 Å². The van der Waals surface area contributed by atoms with E-state index in [1.807, 2.05) is 0 Å². The largest absolute Gasteiger partial charge is 0.381 e. The Balaban J connectivity index is 0.00000729. The minimum Gasteiger partial charge on any atom is -0.381 e. The molecule has 1 aliphatic rings. The second-order valence-electron chi connectivity index (χ2n) is 6.93. The van der Waals surface area contributed by atoms with Crippen molar-refractivity contribution in [3.05, 3.63) is 0 Å². The first-order valence-corrected chi connectivity index (χ1v) is 10.2.